The number of hydrazine groups is 1. The van der Waals surface area contributed by atoms with Gasteiger partial charge in [-0.1, -0.05) is 83.9 Å². The Bertz CT molecular complexity index is 1450. The zero-order valence-corrected chi connectivity index (χ0v) is 20.3. The Morgan fingerprint density at radius 2 is 1.18 bits per heavy atom. The maximum Gasteiger partial charge on any atom is 0.187 e. The molecule has 0 aliphatic carbocycles. The Morgan fingerprint density at radius 1 is 0.647 bits per heavy atom. The topological polar surface area (TPSA) is 22.1 Å². The molecule has 1 atom stereocenters. The number of hydrogen-bond donors (Lipinski definition) is 0. The molecule has 0 radical (unpaired) electrons. The van der Waals surface area contributed by atoms with E-state index in [1.165, 1.54) is 0 Å². The van der Waals surface area contributed by atoms with Crippen LogP contribution in [-0.4, -0.2) is 24.8 Å². The molecule has 4 aromatic rings. The molecule has 1 spiro atoms. The lowest BCUT2D eigenvalue weighted by Crippen LogP contribution is -2.57. The highest BCUT2D eigenvalue weighted by Crippen LogP contribution is 2.59. The fraction of sp³-hybridized carbons (Fsp3) is 0.107. The monoisotopic (exact) mass is 484 g/mol. The minimum Gasteiger partial charge on any atom is -0.310 e. The molecule has 34 heavy (non-hydrogen) atoms. The van der Waals surface area contributed by atoms with Crippen molar-refractivity contribution in [1.82, 2.24) is 5.01 Å². The lowest BCUT2D eigenvalue weighted by atomic mass is 9.92. The highest BCUT2D eigenvalue weighted by atomic mass is 35.5. The Hall–Kier alpha value is -3.31. The number of benzene rings is 4. The third-order valence-electron chi connectivity index (χ3n) is 6.73. The zero-order valence-electron chi connectivity index (χ0n) is 18.8. The first-order chi connectivity index (χ1) is 16.6. The Morgan fingerprint density at radius 3 is 1.82 bits per heavy atom. The number of halogens is 2. The second-order valence-corrected chi connectivity index (χ2v) is 9.17. The van der Waals surface area contributed by atoms with E-state index in [4.69, 9.17) is 28.2 Å². The molecule has 6 rings (SSSR count). The third-order valence-corrected chi connectivity index (χ3v) is 7.37. The van der Waals surface area contributed by atoms with Gasteiger partial charge in [-0.2, -0.15) is 5.01 Å². The van der Waals surface area contributed by atoms with Crippen LogP contribution in [0.5, 0.6) is 0 Å². The number of hydrogen-bond acceptors (Lipinski definition) is 4. The first-order valence-electron chi connectivity index (χ1n) is 11.1. The van der Waals surface area contributed by atoms with Crippen molar-refractivity contribution in [2.24, 2.45) is 4.99 Å². The molecular formula is C28H22Cl2N4. The molecule has 1 unspecified atom stereocenters. The van der Waals surface area contributed by atoms with Gasteiger partial charge in [0.25, 0.3) is 0 Å². The maximum atomic E-state index is 6.84. The van der Waals surface area contributed by atoms with Crippen LogP contribution in [0.4, 0.5) is 22.7 Å². The van der Waals surface area contributed by atoms with Crippen LogP contribution in [0.1, 0.15) is 11.1 Å². The Labute approximate surface area is 209 Å². The summed E-state index contributed by atoms with van der Waals surface area (Å²) >= 11 is 13.6. The average Bonchev–Trinajstić information content (AvgIpc) is 3.30. The summed E-state index contributed by atoms with van der Waals surface area (Å²) < 4.78 is 0. The van der Waals surface area contributed by atoms with E-state index in [1.807, 2.05) is 49.5 Å². The zero-order chi connectivity index (χ0) is 23.4. The molecular weight excluding hydrogens is 463 g/mol. The predicted octanol–water partition coefficient (Wildman–Crippen LogP) is 7.42. The molecule has 4 aromatic carbocycles. The quantitative estimate of drug-likeness (QED) is 0.295. The fourth-order valence-electron chi connectivity index (χ4n) is 5.45. The van der Waals surface area contributed by atoms with E-state index in [9.17, 15) is 0 Å². The SMILES string of the molecule is CN=C1c2ccccc2N(c2ccccc2Cl)C12c1ccccc1N(c1ccccc1Cl)N2C. The molecule has 168 valence electrons. The molecule has 2 aliphatic rings. The van der Waals surface area contributed by atoms with Crippen LogP contribution in [0, 0.1) is 0 Å². The molecule has 6 heteroatoms. The molecule has 2 aliphatic heterocycles. The van der Waals surface area contributed by atoms with Crippen molar-refractivity contribution in [3.8, 4) is 0 Å². The molecule has 4 nitrogen and oxygen atoms in total. The van der Waals surface area contributed by atoms with Gasteiger partial charge in [0, 0.05) is 25.2 Å². The molecule has 0 amide bonds. The fourth-order valence-corrected chi connectivity index (χ4v) is 5.88. The average molecular weight is 485 g/mol. The van der Waals surface area contributed by atoms with Gasteiger partial charge in [0.1, 0.15) is 0 Å². The van der Waals surface area contributed by atoms with Gasteiger partial charge in [-0.05, 0) is 36.4 Å². The van der Waals surface area contributed by atoms with Gasteiger partial charge in [-0.15, -0.1) is 0 Å². The van der Waals surface area contributed by atoms with Gasteiger partial charge in [-0.25, -0.2) is 0 Å². The molecule has 0 saturated carbocycles. The van der Waals surface area contributed by atoms with Crippen LogP contribution < -0.4 is 9.91 Å². The summed E-state index contributed by atoms with van der Waals surface area (Å²) in [6.45, 7) is 0. The summed E-state index contributed by atoms with van der Waals surface area (Å²) in [5.74, 6) is 0. The standard InChI is InChI=1S/C28H22Cl2N4/c1-31-27-19-11-3-7-15-23(19)33(25-17-9-5-13-21(25)29)28(27)20-12-4-8-16-24(20)34(32(28)2)26-18-10-6-14-22(26)30/h3-18H,1-2H3. The first kappa shape index (κ1) is 21.2. The second-order valence-electron chi connectivity index (χ2n) is 8.35. The first-order valence-corrected chi connectivity index (χ1v) is 11.9. The van der Waals surface area contributed by atoms with Crippen molar-refractivity contribution in [1.29, 1.82) is 0 Å². The van der Waals surface area contributed by atoms with Crippen LogP contribution in [0.15, 0.2) is 102 Å². The van der Waals surface area contributed by atoms with Gasteiger partial charge in [0.05, 0.1) is 38.5 Å². The molecule has 0 aromatic heterocycles. The molecule has 0 fully saturated rings. The van der Waals surface area contributed by atoms with Crippen molar-refractivity contribution >= 4 is 51.7 Å². The van der Waals surface area contributed by atoms with Crippen LogP contribution in [-0.2, 0) is 5.66 Å². The van der Waals surface area contributed by atoms with Crippen LogP contribution in [0.2, 0.25) is 10.0 Å². The summed E-state index contributed by atoms with van der Waals surface area (Å²) in [5, 5.41) is 5.76. The number of likely N-dealkylation sites (N-methyl/N-ethyl adjacent to an activating group) is 1. The smallest absolute Gasteiger partial charge is 0.187 e. The van der Waals surface area contributed by atoms with Crippen molar-refractivity contribution in [2.75, 3.05) is 24.0 Å². The largest absolute Gasteiger partial charge is 0.310 e. The number of aliphatic imine (C=N–C) groups is 1. The summed E-state index contributed by atoms with van der Waals surface area (Å²) in [5.41, 5.74) is 6.29. The maximum absolute atomic E-state index is 6.84. The predicted molar refractivity (Wildman–Crippen MR) is 142 cm³/mol. The van der Waals surface area contributed by atoms with E-state index in [1.54, 1.807) is 0 Å². The summed E-state index contributed by atoms with van der Waals surface area (Å²) in [6.07, 6.45) is 0. The van der Waals surface area contributed by atoms with E-state index >= 15 is 0 Å². The van der Waals surface area contributed by atoms with E-state index in [0.717, 1.165) is 39.6 Å². The summed E-state index contributed by atoms with van der Waals surface area (Å²) in [7, 11) is 3.95. The van der Waals surface area contributed by atoms with Gasteiger partial charge in [0.2, 0.25) is 0 Å². The molecule has 0 bridgehead atoms. The minimum atomic E-state index is -0.765. The summed E-state index contributed by atoms with van der Waals surface area (Å²) in [6, 6.07) is 32.7. The second kappa shape index (κ2) is 7.88. The molecule has 2 heterocycles. The van der Waals surface area contributed by atoms with E-state index < -0.39 is 5.66 Å². The number of nitrogens with zero attached hydrogens (tertiary/aromatic N) is 4. The lowest BCUT2D eigenvalue weighted by molar-refractivity contribution is 0.225. The van der Waals surface area contributed by atoms with Crippen LogP contribution >= 0.6 is 23.2 Å². The van der Waals surface area contributed by atoms with Crippen molar-refractivity contribution < 1.29 is 0 Å². The van der Waals surface area contributed by atoms with Gasteiger partial charge >= 0.3 is 0 Å². The van der Waals surface area contributed by atoms with Gasteiger partial charge in [-0.3, -0.25) is 10.0 Å². The van der Waals surface area contributed by atoms with E-state index in [-0.39, 0.29) is 0 Å². The van der Waals surface area contributed by atoms with E-state index in [2.05, 4.69) is 76.6 Å². The molecule has 0 saturated heterocycles. The van der Waals surface area contributed by atoms with Crippen LogP contribution in [0.3, 0.4) is 0 Å². The number of anilines is 4. The highest BCUT2D eigenvalue weighted by molar-refractivity contribution is 6.34. The van der Waals surface area contributed by atoms with Crippen LogP contribution in [0.25, 0.3) is 0 Å². The number of para-hydroxylation sites is 4. The molecule has 0 N–H and O–H groups in total. The Kier molecular flexibility index (Phi) is 4.92. The number of rotatable bonds is 2. The van der Waals surface area contributed by atoms with Gasteiger partial charge in [0.15, 0.2) is 5.66 Å². The normalized spacial score (nSPS) is 20.3. The van der Waals surface area contributed by atoms with E-state index in [0.29, 0.717) is 10.0 Å². The minimum absolute atomic E-state index is 0.677. The third kappa shape index (κ3) is 2.67. The van der Waals surface area contributed by atoms with Crippen molar-refractivity contribution in [3.63, 3.8) is 0 Å². The number of fused-ring (bicyclic) bond motifs is 3. The van der Waals surface area contributed by atoms with Crippen molar-refractivity contribution in [3.05, 3.63) is 118 Å². The van der Waals surface area contributed by atoms with Gasteiger partial charge < -0.3 is 4.90 Å². The lowest BCUT2D eigenvalue weighted by Gasteiger charge is -2.44. The van der Waals surface area contributed by atoms with Crippen molar-refractivity contribution in [2.45, 2.75) is 5.66 Å². The Balaban J connectivity index is 1.72. The highest BCUT2D eigenvalue weighted by Gasteiger charge is 2.61. The summed E-state index contributed by atoms with van der Waals surface area (Å²) in [4.78, 5) is 7.21.